The summed E-state index contributed by atoms with van der Waals surface area (Å²) in [5.74, 6) is 0.497. The summed E-state index contributed by atoms with van der Waals surface area (Å²) in [5, 5.41) is 3.35. The third-order valence-electron chi connectivity index (χ3n) is 3.12. The molecule has 1 N–H and O–H groups in total. The van der Waals surface area contributed by atoms with Crippen LogP contribution in [0.25, 0.3) is 0 Å². The van der Waals surface area contributed by atoms with Crippen molar-refractivity contribution in [1.82, 2.24) is 10.3 Å². The molecule has 0 saturated carbocycles. The van der Waals surface area contributed by atoms with Crippen LogP contribution in [0.15, 0.2) is 42.6 Å². The van der Waals surface area contributed by atoms with Gasteiger partial charge in [0.25, 0.3) is 0 Å². The molecule has 20 heavy (non-hydrogen) atoms. The van der Waals surface area contributed by atoms with Gasteiger partial charge in [-0.3, -0.25) is 0 Å². The van der Waals surface area contributed by atoms with Crippen molar-refractivity contribution in [3.63, 3.8) is 0 Å². The summed E-state index contributed by atoms with van der Waals surface area (Å²) < 4.78 is 13.8. The van der Waals surface area contributed by atoms with Gasteiger partial charge in [-0.2, -0.15) is 0 Å². The third-order valence-corrected chi connectivity index (χ3v) is 3.12. The van der Waals surface area contributed by atoms with E-state index in [9.17, 15) is 4.39 Å². The van der Waals surface area contributed by atoms with Crippen LogP contribution < -0.4 is 10.2 Å². The van der Waals surface area contributed by atoms with Crippen LogP contribution >= 0.6 is 0 Å². The molecule has 0 saturated heterocycles. The highest BCUT2D eigenvalue weighted by Crippen LogP contribution is 2.24. The standard InChI is InChI=1S/C16H20FN3/c1-3-9-18-12-13-8-10-19-16(11-13)20(2)15-7-5-4-6-14(15)17/h4-8,10-11,18H,3,9,12H2,1-2H3. The van der Waals surface area contributed by atoms with Crippen molar-refractivity contribution >= 4 is 11.5 Å². The van der Waals surface area contributed by atoms with E-state index in [2.05, 4.69) is 17.2 Å². The van der Waals surface area contributed by atoms with Crippen molar-refractivity contribution in [1.29, 1.82) is 0 Å². The van der Waals surface area contributed by atoms with Gasteiger partial charge in [0.05, 0.1) is 5.69 Å². The molecule has 0 fully saturated rings. The zero-order valence-corrected chi connectivity index (χ0v) is 11.9. The predicted octanol–water partition coefficient (Wildman–Crippen LogP) is 3.49. The summed E-state index contributed by atoms with van der Waals surface area (Å²) in [6, 6.07) is 10.7. The van der Waals surface area contributed by atoms with Gasteiger partial charge in [-0.05, 0) is 42.8 Å². The van der Waals surface area contributed by atoms with Gasteiger partial charge < -0.3 is 10.2 Å². The highest BCUT2D eigenvalue weighted by molar-refractivity contribution is 5.60. The molecule has 0 radical (unpaired) electrons. The summed E-state index contributed by atoms with van der Waals surface area (Å²) in [6.45, 7) is 3.92. The Morgan fingerprint density at radius 1 is 1.25 bits per heavy atom. The van der Waals surface area contributed by atoms with Crippen LogP contribution in [0.2, 0.25) is 0 Å². The molecule has 0 spiro atoms. The summed E-state index contributed by atoms with van der Waals surface area (Å²) in [5.41, 5.74) is 1.67. The average Bonchev–Trinajstić information content (AvgIpc) is 2.48. The van der Waals surface area contributed by atoms with Crippen molar-refractivity contribution in [2.45, 2.75) is 19.9 Å². The molecular weight excluding hydrogens is 253 g/mol. The number of aromatic nitrogens is 1. The van der Waals surface area contributed by atoms with E-state index in [1.165, 1.54) is 6.07 Å². The Labute approximate surface area is 119 Å². The number of hydrogen-bond acceptors (Lipinski definition) is 3. The van der Waals surface area contributed by atoms with Crippen LogP contribution in [0, 0.1) is 5.82 Å². The lowest BCUT2D eigenvalue weighted by Gasteiger charge is -2.19. The van der Waals surface area contributed by atoms with E-state index in [-0.39, 0.29) is 5.82 Å². The molecule has 3 nitrogen and oxygen atoms in total. The van der Waals surface area contributed by atoms with E-state index in [0.717, 1.165) is 30.9 Å². The molecule has 0 unspecified atom stereocenters. The topological polar surface area (TPSA) is 28.2 Å². The number of pyridine rings is 1. The Kier molecular flexibility index (Phi) is 5.07. The third kappa shape index (κ3) is 3.54. The molecule has 0 aliphatic heterocycles. The monoisotopic (exact) mass is 273 g/mol. The molecule has 0 atom stereocenters. The number of anilines is 2. The van der Waals surface area contributed by atoms with Crippen LogP contribution in [0.4, 0.5) is 15.9 Å². The van der Waals surface area contributed by atoms with Crippen LogP contribution in [0.1, 0.15) is 18.9 Å². The van der Waals surface area contributed by atoms with Gasteiger partial charge in [0, 0.05) is 19.8 Å². The van der Waals surface area contributed by atoms with Crippen molar-refractivity contribution in [2.75, 3.05) is 18.5 Å². The van der Waals surface area contributed by atoms with Gasteiger partial charge in [0.1, 0.15) is 11.6 Å². The summed E-state index contributed by atoms with van der Waals surface area (Å²) in [6.07, 6.45) is 2.86. The highest BCUT2D eigenvalue weighted by atomic mass is 19.1. The molecule has 106 valence electrons. The fourth-order valence-electron chi connectivity index (χ4n) is 2.01. The maximum Gasteiger partial charge on any atom is 0.146 e. The first kappa shape index (κ1) is 14.5. The first-order valence-electron chi connectivity index (χ1n) is 6.86. The van der Waals surface area contributed by atoms with E-state index < -0.39 is 0 Å². The molecule has 0 bridgehead atoms. The molecule has 1 aromatic carbocycles. The fourth-order valence-corrected chi connectivity index (χ4v) is 2.01. The van der Waals surface area contributed by atoms with Crippen LogP contribution in [-0.4, -0.2) is 18.6 Å². The van der Waals surface area contributed by atoms with Gasteiger partial charge in [-0.25, -0.2) is 9.37 Å². The lowest BCUT2D eigenvalue weighted by molar-refractivity contribution is 0.627. The average molecular weight is 273 g/mol. The lowest BCUT2D eigenvalue weighted by Crippen LogP contribution is -2.16. The normalized spacial score (nSPS) is 10.6. The maximum atomic E-state index is 13.8. The SMILES string of the molecule is CCCNCc1ccnc(N(C)c2ccccc2F)c1. The van der Waals surface area contributed by atoms with E-state index in [1.807, 2.05) is 25.2 Å². The minimum atomic E-state index is -0.244. The van der Waals surface area contributed by atoms with Crippen LogP contribution in [0.5, 0.6) is 0 Å². The first-order valence-corrected chi connectivity index (χ1v) is 6.86. The number of halogens is 1. The number of nitrogens with zero attached hydrogens (tertiary/aromatic N) is 2. The van der Waals surface area contributed by atoms with Gasteiger partial charge in [0.2, 0.25) is 0 Å². The van der Waals surface area contributed by atoms with Gasteiger partial charge in [-0.1, -0.05) is 19.1 Å². The minimum absolute atomic E-state index is 0.244. The minimum Gasteiger partial charge on any atom is -0.327 e. The van der Waals surface area contributed by atoms with Gasteiger partial charge >= 0.3 is 0 Å². The zero-order valence-electron chi connectivity index (χ0n) is 11.9. The first-order chi connectivity index (χ1) is 9.72. The molecule has 4 heteroatoms. The Hall–Kier alpha value is -1.94. The highest BCUT2D eigenvalue weighted by Gasteiger charge is 2.10. The Balaban J connectivity index is 2.16. The molecule has 0 amide bonds. The van der Waals surface area contributed by atoms with E-state index in [4.69, 9.17) is 0 Å². The van der Waals surface area contributed by atoms with Crippen molar-refractivity contribution in [2.24, 2.45) is 0 Å². The molecule has 0 aliphatic carbocycles. The zero-order chi connectivity index (χ0) is 14.4. The quantitative estimate of drug-likeness (QED) is 0.817. The van der Waals surface area contributed by atoms with E-state index in [1.54, 1.807) is 23.2 Å². The molecule has 2 aromatic rings. The largest absolute Gasteiger partial charge is 0.327 e. The number of rotatable bonds is 6. The Morgan fingerprint density at radius 3 is 2.80 bits per heavy atom. The summed E-state index contributed by atoms with van der Waals surface area (Å²) in [7, 11) is 1.82. The second kappa shape index (κ2) is 7.01. The van der Waals surface area contributed by atoms with E-state index in [0.29, 0.717) is 5.69 Å². The smallest absolute Gasteiger partial charge is 0.146 e. The van der Waals surface area contributed by atoms with Crippen molar-refractivity contribution < 1.29 is 4.39 Å². The van der Waals surface area contributed by atoms with Crippen LogP contribution in [-0.2, 0) is 6.54 Å². The molecule has 1 aromatic heterocycles. The molecule has 0 aliphatic rings. The Morgan fingerprint density at radius 2 is 2.05 bits per heavy atom. The number of nitrogens with one attached hydrogen (secondary N) is 1. The van der Waals surface area contributed by atoms with Crippen LogP contribution in [0.3, 0.4) is 0 Å². The van der Waals surface area contributed by atoms with Crippen molar-refractivity contribution in [3.8, 4) is 0 Å². The molecule has 1 heterocycles. The number of hydrogen-bond donors (Lipinski definition) is 1. The second-order valence-corrected chi connectivity index (χ2v) is 4.71. The lowest BCUT2D eigenvalue weighted by atomic mass is 10.2. The predicted molar refractivity (Wildman–Crippen MR) is 80.7 cm³/mol. The van der Waals surface area contributed by atoms with Gasteiger partial charge in [-0.15, -0.1) is 0 Å². The maximum absolute atomic E-state index is 13.8. The number of benzene rings is 1. The molecular formula is C16H20FN3. The summed E-state index contributed by atoms with van der Waals surface area (Å²) in [4.78, 5) is 6.08. The fraction of sp³-hybridized carbons (Fsp3) is 0.312. The van der Waals surface area contributed by atoms with Crippen molar-refractivity contribution in [3.05, 3.63) is 54.0 Å². The van der Waals surface area contributed by atoms with Gasteiger partial charge in [0.15, 0.2) is 0 Å². The molecule has 2 rings (SSSR count). The number of para-hydroxylation sites is 1. The van der Waals surface area contributed by atoms with E-state index >= 15 is 0 Å². The summed E-state index contributed by atoms with van der Waals surface area (Å²) >= 11 is 0. The Bertz CT molecular complexity index is 557. The second-order valence-electron chi connectivity index (χ2n) is 4.71.